The van der Waals surface area contributed by atoms with Gasteiger partial charge in [-0.15, -0.1) is 0 Å². The first-order valence-corrected chi connectivity index (χ1v) is 11.3. The van der Waals surface area contributed by atoms with E-state index < -0.39 is 5.91 Å². The molecule has 0 aliphatic heterocycles. The van der Waals surface area contributed by atoms with Gasteiger partial charge in [-0.2, -0.15) is 5.26 Å². The second-order valence-corrected chi connectivity index (χ2v) is 8.54. The number of carbonyl (C=O) groups excluding carboxylic acids is 1. The van der Waals surface area contributed by atoms with Crippen molar-refractivity contribution in [3.05, 3.63) is 111 Å². The minimum absolute atomic E-state index is 0.0592. The first kappa shape index (κ1) is 23.4. The zero-order valence-electron chi connectivity index (χ0n) is 18.3. The van der Waals surface area contributed by atoms with Gasteiger partial charge in [0.05, 0.1) is 5.02 Å². The molecule has 4 nitrogen and oxygen atoms in total. The lowest BCUT2D eigenvalue weighted by atomic mass is 10.0. The fraction of sp³-hybridized carbons (Fsp3) is 0.0714. The molecule has 0 bridgehead atoms. The molecule has 4 rings (SSSR count). The van der Waals surface area contributed by atoms with Gasteiger partial charge in [-0.25, -0.2) is 0 Å². The van der Waals surface area contributed by atoms with E-state index in [4.69, 9.17) is 27.9 Å². The number of anilines is 1. The van der Waals surface area contributed by atoms with Crippen LogP contribution >= 0.6 is 23.2 Å². The Kier molecular flexibility index (Phi) is 7.18. The normalized spacial score (nSPS) is 11.2. The first-order valence-electron chi connectivity index (χ1n) is 10.5. The highest BCUT2D eigenvalue weighted by molar-refractivity contribution is 6.32. The van der Waals surface area contributed by atoms with Crippen LogP contribution in [0.25, 0.3) is 16.8 Å². The molecule has 0 radical (unpaired) electrons. The number of fused-ring (bicyclic) bond motifs is 1. The van der Waals surface area contributed by atoms with E-state index in [2.05, 4.69) is 36.5 Å². The Labute approximate surface area is 208 Å². The van der Waals surface area contributed by atoms with Crippen LogP contribution < -0.4 is 10.1 Å². The molecule has 1 N–H and O–H groups in total. The lowest BCUT2D eigenvalue weighted by Crippen LogP contribution is -2.13. The van der Waals surface area contributed by atoms with Crippen LogP contribution in [0.4, 0.5) is 5.69 Å². The second kappa shape index (κ2) is 10.4. The van der Waals surface area contributed by atoms with Gasteiger partial charge >= 0.3 is 0 Å². The van der Waals surface area contributed by atoms with E-state index in [0.29, 0.717) is 33.7 Å². The number of ether oxygens (including phenoxy) is 1. The standard InChI is InChI=1S/C28H20Cl2N2O2/c1-18-9-11-20-5-2-3-8-24(20)25(18)17-34-27-12-10-19(14-26(27)30)13-21(16-31)28(33)32-23-7-4-6-22(29)15-23/h2-15H,17H2,1H3,(H,32,33)/b21-13+. The van der Waals surface area contributed by atoms with E-state index in [-0.39, 0.29) is 5.57 Å². The Hall–Kier alpha value is -3.78. The molecule has 0 atom stereocenters. The summed E-state index contributed by atoms with van der Waals surface area (Å²) in [5, 5.41) is 15.3. The molecule has 4 aromatic carbocycles. The predicted octanol–water partition coefficient (Wildman–Crippen LogP) is 7.58. The molecule has 0 saturated carbocycles. The van der Waals surface area contributed by atoms with Crippen molar-refractivity contribution in [1.29, 1.82) is 5.26 Å². The molecule has 168 valence electrons. The van der Waals surface area contributed by atoms with Crippen molar-refractivity contribution in [2.75, 3.05) is 5.32 Å². The largest absolute Gasteiger partial charge is 0.487 e. The number of nitrogens with one attached hydrogen (secondary N) is 1. The second-order valence-electron chi connectivity index (χ2n) is 7.69. The van der Waals surface area contributed by atoms with Gasteiger partial charge in [0.1, 0.15) is 24.0 Å². The van der Waals surface area contributed by atoms with Crippen molar-refractivity contribution in [3.63, 3.8) is 0 Å². The van der Waals surface area contributed by atoms with Crippen LogP contribution in [0.3, 0.4) is 0 Å². The average Bonchev–Trinajstić information content (AvgIpc) is 2.83. The summed E-state index contributed by atoms with van der Waals surface area (Å²) in [6.45, 7) is 2.42. The minimum Gasteiger partial charge on any atom is -0.487 e. The van der Waals surface area contributed by atoms with Crippen LogP contribution in [0.2, 0.25) is 10.0 Å². The third kappa shape index (κ3) is 5.40. The number of hydrogen-bond acceptors (Lipinski definition) is 3. The van der Waals surface area contributed by atoms with Crippen LogP contribution in [-0.4, -0.2) is 5.91 Å². The van der Waals surface area contributed by atoms with E-state index in [9.17, 15) is 10.1 Å². The van der Waals surface area contributed by atoms with Gasteiger partial charge in [0.2, 0.25) is 0 Å². The first-order chi connectivity index (χ1) is 16.4. The van der Waals surface area contributed by atoms with Crippen molar-refractivity contribution in [2.24, 2.45) is 0 Å². The highest BCUT2D eigenvalue weighted by Crippen LogP contribution is 2.29. The molecular formula is C28H20Cl2N2O2. The Bertz CT molecular complexity index is 1450. The maximum Gasteiger partial charge on any atom is 0.266 e. The zero-order valence-corrected chi connectivity index (χ0v) is 19.8. The molecule has 0 spiro atoms. The molecular weight excluding hydrogens is 467 g/mol. The number of benzene rings is 4. The van der Waals surface area contributed by atoms with Crippen LogP contribution in [0.15, 0.2) is 84.4 Å². The summed E-state index contributed by atoms with van der Waals surface area (Å²) in [6, 6.07) is 26.1. The van der Waals surface area contributed by atoms with Crippen molar-refractivity contribution >= 4 is 51.6 Å². The van der Waals surface area contributed by atoms with E-state index in [1.165, 1.54) is 6.08 Å². The number of halogens is 2. The Balaban J connectivity index is 1.51. The van der Waals surface area contributed by atoms with E-state index in [1.807, 2.05) is 18.2 Å². The number of rotatable bonds is 6. The monoisotopic (exact) mass is 486 g/mol. The molecule has 4 aromatic rings. The molecule has 6 heteroatoms. The molecule has 0 aliphatic rings. The van der Waals surface area contributed by atoms with Gasteiger partial charge < -0.3 is 10.1 Å². The van der Waals surface area contributed by atoms with Crippen LogP contribution in [0.5, 0.6) is 5.75 Å². The molecule has 0 saturated heterocycles. The highest BCUT2D eigenvalue weighted by atomic mass is 35.5. The Morgan fingerprint density at radius 1 is 1.03 bits per heavy atom. The van der Waals surface area contributed by atoms with Gasteiger partial charge in [-0.05, 0) is 65.2 Å². The van der Waals surface area contributed by atoms with E-state index >= 15 is 0 Å². The van der Waals surface area contributed by atoms with Crippen LogP contribution in [0, 0.1) is 18.3 Å². The number of hydrogen-bond donors (Lipinski definition) is 1. The van der Waals surface area contributed by atoms with Gasteiger partial charge in [-0.1, -0.05) is 71.7 Å². The molecule has 1 amide bonds. The van der Waals surface area contributed by atoms with Crippen molar-refractivity contribution in [1.82, 2.24) is 0 Å². The van der Waals surface area contributed by atoms with Gasteiger partial charge in [0.15, 0.2) is 0 Å². The quantitative estimate of drug-likeness (QED) is 0.225. The number of aryl methyl sites for hydroxylation is 1. The SMILES string of the molecule is Cc1ccc2ccccc2c1COc1ccc(/C=C(\C#N)C(=O)Nc2cccc(Cl)c2)cc1Cl. The number of nitriles is 1. The topological polar surface area (TPSA) is 62.1 Å². The zero-order chi connectivity index (χ0) is 24.1. The molecule has 0 fully saturated rings. The Morgan fingerprint density at radius 3 is 2.62 bits per heavy atom. The smallest absolute Gasteiger partial charge is 0.266 e. The lowest BCUT2D eigenvalue weighted by molar-refractivity contribution is -0.112. The molecule has 0 aliphatic carbocycles. The summed E-state index contributed by atoms with van der Waals surface area (Å²) in [5.74, 6) is -0.0133. The van der Waals surface area contributed by atoms with E-state index in [1.54, 1.807) is 42.5 Å². The molecule has 34 heavy (non-hydrogen) atoms. The van der Waals surface area contributed by atoms with Crippen molar-refractivity contribution in [2.45, 2.75) is 13.5 Å². The summed E-state index contributed by atoms with van der Waals surface area (Å²) >= 11 is 12.4. The summed E-state index contributed by atoms with van der Waals surface area (Å²) in [5.41, 5.74) is 3.29. The van der Waals surface area contributed by atoms with Crippen LogP contribution in [-0.2, 0) is 11.4 Å². The van der Waals surface area contributed by atoms with Crippen molar-refractivity contribution < 1.29 is 9.53 Å². The van der Waals surface area contributed by atoms with Crippen molar-refractivity contribution in [3.8, 4) is 11.8 Å². The van der Waals surface area contributed by atoms with Crippen LogP contribution in [0.1, 0.15) is 16.7 Å². The molecule has 0 unspecified atom stereocenters. The van der Waals surface area contributed by atoms with E-state index in [0.717, 1.165) is 21.9 Å². The van der Waals surface area contributed by atoms with Gasteiger partial charge in [-0.3, -0.25) is 4.79 Å². The Morgan fingerprint density at radius 2 is 1.85 bits per heavy atom. The highest BCUT2D eigenvalue weighted by Gasteiger charge is 2.12. The lowest BCUT2D eigenvalue weighted by Gasteiger charge is -2.13. The third-order valence-corrected chi connectivity index (χ3v) is 5.89. The van der Waals surface area contributed by atoms with Gasteiger partial charge in [0.25, 0.3) is 5.91 Å². The summed E-state index contributed by atoms with van der Waals surface area (Å²) in [6.07, 6.45) is 1.48. The fourth-order valence-electron chi connectivity index (χ4n) is 3.59. The molecule has 0 heterocycles. The summed E-state index contributed by atoms with van der Waals surface area (Å²) in [7, 11) is 0. The van der Waals surface area contributed by atoms with Gasteiger partial charge in [0, 0.05) is 16.3 Å². The maximum absolute atomic E-state index is 12.5. The predicted molar refractivity (Wildman–Crippen MR) is 138 cm³/mol. The third-order valence-electron chi connectivity index (χ3n) is 5.36. The molecule has 0 aromatic heterocycles. The minimum atomic E-state index is -0.535. The number of nitrogens with zero attached hydrogens (tertiary/aromatic N) is 1. The average molecular weight is 487 g/mol. The summed E-state index contributed by atoms with van der Waals surface area (Å²) < 4.78 is 6.03. The summed E-state index contributed by atoms with van der Waals surface area (Å²) in [4.78, 5) is 12.5. The number of carbonyl (C=O) groups is 1. The maximum atomic E-state index is 12.5. The fourth-order valence-corrected chi connectivity index (χ4v) is 4.02. The number of amides is 1.